The van der Waals surface area contributed by atoms with Gasteiger partial charge < -0.3 is 10.6 Å². The second kappa shape index (κ2) is 10.0. The van der Waals surface area contributed by atoms with Gasteiger partial charge in [0.25, 0.3) is 0 Å². The summed E-state index contributed by atoms with van der Waals surface area (Å²) in [6.45, 7) is 8.23. The number of anilines is 1. The number of halogens is 1. The fraction of sp³-hybridized carbons (Fsp3) is 0.320. The number of nitrogens with zero attached hydrogens (tertiary/aromatic N) is 2. The van der Waals surface area contributed by atoms with Gasteiger partial charge in [-0.1, -0.05) is 74.8 Å². The Hall–Kier alpha value is -3.12. The second-order valence-corrected chi connectivity index (χ2v) is 9.30. The molecular weight excluding hydrogens is 424 g/mol. The van der Waals surface area contributed by atoms with Crippen LogP contribution in [0.5, 0.6) is 0 Å². The van der Waals surface area contributed by atoms with Gasteiger partial charge in [-0.2, -0.15) is 5.10 Å². The molecule has 0 aliphatic rings. The highest BCUT2D eigenvalue weighted by molar-refractivity contribution is 6.30. The van der Waals surface area contributed by atoms with Crippen molar-refractivity contribution in [2.45, 2.75) is 52.1 Å². The SMILES string of the molecule is CC(=O)NC(CC(=O)Nc1cc(C(C)(C)C)nn1Cc1ccccc1)c1ccc(Cl)cc1. The van der Waals surface area contributed by atoms with Crippen LogP contribution in [0.25, 0.3) is 0 Å². The van der Waals surface area contributed by atoms with Crippen LogP contribution in [0.2, 0.25) is 5.02 Å². The number of amides is 2. The Bertz CT molecular complexity index is 1070. The summed E-state index contributed by atoms with van der Waals surface area (Å²) >= 11 is 5.98. The lowest BCUT2D eigenvalue weighted by Crippen LogP contribution is -2.30. The van der Waals surface area contributed by atoms with Gasteiger partial charge in [0.2, 0.25) is 11.8 Å². The van der Waals surface area contributed by atoms with Crippen molar-refractivity contribution in [3.8, 4) is 0 Å². The summed E-state index contributed by atoms with van der Waals surface area (Å²) in [7, 11) is 0. The molecule has 2 N–H and O–H groups in total. The number of hydrogen-bond acceptors (Lipinski definition) is 3. The van der Waals surface area contributed by atoms with Crippen molar-refractivity contribution in [1.29, 1.82) is 0 Å². The van der Waals surface area contributed by atoms with Crippen LogP contribution in [0.3, 0.4) is 0 Å². The normalized spacial score (nSPS) is 12.3. The first-order valence-corrected chi connectivity index (χ1v) is 10.9. The van der Waals surface area contributed by atoms with E-state index in [4.69, 9.17) is 16.7 Å². The highest BCUT2D eigenvalue weighted by atomic mass is 35.5. The lowest BCUT2D eigenvalue weighted by atomic mass is 9.92. The maximum Gasteiger partial charge on any atom is 0.227 e. The van der Waals surface area contributed by atoms with Crippen molar-refractivity contribution < 1.29 is 9.59 Å². The minimum absolute atomic E-state index is 0.0859. The van der Waals surface area contributed by atoms with Gasteiger partial charge in [0, 0.05) is 23.4 Å². The predicted molar refractivity (Wildman–Crippen MR) is 128 cm³/mol. The number of hydrogen-bond donors (Lipinski definition) is 2. The molecule has 6 nitrogen and oxygen atoms in total. The van der Waals surface area contributed by atoms with Crippen LogP contribution in [0.4, 0.5) is 5.82 Å². The maximum absolute atomic E-state index is 13.0. The minimum atomic E-state index is -0.461. The summed E-state index contributed by atoms with van der Waals surface area (Å²) < 4.78 is 1.81. The number of carbonyl (C=O) groups is 2. The predicted octanol–water partition coefficient (Wildman–Crippen LogP) is 5.09. The first-order valence-electron chi connectivity index (χ1n) is 10.6. The number of carbonyl (C=O) groups excluding carboxylic acids is 2. The largest absolute Gasteiger partial charge is 0.349 e. The monoisotopic (exact) mass is 452 g/mol. The Labute approximate surface area is 194 Å². The Kier molecular flexibility index (Phi) is 7.36. The molecule has 1 aromatic heterocycles. The zero-order chi connectivity index (χ0) is 23.3. The van der Waals surface area contributed by atoms with E-state index in [9.17, 15) is 9.59 Å². The highest BCUT2D eigenvalue weighted by Crippen LogP contribution is 2.26. The van der Waals surface area contributed by atoms with Crippen molar-refractivity contribution in [2.24, 2.45) is 0 Å². The van der Waals surface area contributed by atoms with Gasteiger partial charge >= 0.3 is 0 Å². The molecule has 0 bridgehead atoms. The topological polar surface area (TPSA) is 76.0 Å². The van der Waals surface area contributed by atoms with E-state index < -0.39 is 6.04 Å². The Morgan fingerprint density at radius 1 is 1.06 bits per heavy atom. The van der Waals surface area contributed by atoms with E-state index in [1.54, 1.807) is 12.1 Å². The van der Waals surface area contributed by atoms with Crippen LogP contribution in [-0.4, -0.2) is 21.6 Å². The van der Waals surface area contributed by atoms with Gasteiger partial charge in [0.15, 0.2) is 0 Å². The van der Waals surface area contributed by atoms with Crippen molar-refractivity contribution in [3.05, 3.63) is 82.5 Å². The van der Waals surface area contributed by atoms with Crippen LogP contribution >= 0.6 is 11.6 Å². The molecule has 1 atom stereocenters. The molecule has 1 heterocycles. The molecule has 7 heteroatoms. The molecule has 0 spiro atoms. The van der Waals surface area contributed by atoms with E-state index >= 15 is 0 Å². The lowest BCUT2D eigenvalue weighted by molar-refractivity contribution is -0.120. The molecule has 32 heavy (non-hydrogen) atoms. The van der Waals surface area contributed by atoms with E-state index in [0.29, 0.717) is 17.4 Å². The Balaban J connectivity index is 1.82. The molecule has 2 aromatic carbocycles. The molecule has 1 unspecified atom stereocenters. The molecule has 2 amide bonds. The van der Waals surface area contributed by atoms with E-state index in [1.165, 1.54) is 6.92 Å². The van der Waals surface area contributed by atoms with Crippen LogP contribution < -0.4 is 10.6 Å². The van der Waals surface area contributed by atoms with E-state index in [0.717, 1.165) is 16.8 Å². The zero-order valence-corrected chi connectivity index (χ0v) is 19.6. The van der Waals surface area contributed by atoms with Crippen molar-refractivity contribution >= 4 is 29.2 Å². The average molecular weight is 453 g/mol. The lowest BCUT2D eigenvalue weighted by Gasteiger charge is -2.18. The van der Waals surface area contributed by atoms with Crippen LogP contribution in [0.1, 0.15) is 57.0 Å². The third-order valence-corrected chi connectivity index (χ3v) is 5.28. The zero-order valence-electron chi connectivity index (χ0n) is 18.9. The average Bonchev–Trinajstić information content (AvgIpc) is 3.11. The molecule has 0 saturated heterocycles. The van der Waals surface area contributed by atoms with Crippen molar-refractivity contribution in [1.82, 2.24) is 15.1 Å². The summed E-state index contributed by atoms with van der Waals surface area (Å²) in [5.41, 5.74) is 2.63. The molecule has 3 rings (SSSR count). The number of rotatable bonds is 7. The first-order chi connectivity index (χ1) is 15.1. The fourth-order valence-electron chi connectivity index (χ4n) is 3.33. The highest BCUT2D eigenvalue weighted by Gasteiger charge is 2.22. The number of aromatic nitrogens is 2. The van der Waals surface area contributed by atoms with Gasteiger partial charge in [0.05, 0.1) is 24.7 Å². The fourth-order valence-corrected chi connectivity index (χ4v) is 3.46. The Morgan fingerprint density at radius 2 is 1.72 bits per heavy atom. The van der Waals surface area contributed by atoms with Crippen molar-refractivity contribution in [2.75, 3.05) is 5.32 Å². The molecule has 3 aromatic rings. The van der Waals surface area contributed by atoms with E-state index in [1.807, 2.05) is 53.2 Å². The quantitative estimate of drug-likeness (QED) is 0.524. The molecule has 168 valence electrons. The molecule has 0 radical (unpaired) electrons. The van der Waals surface area contributed by atoms with Gasteiger partial charge in [0.1, 0.15) is 5.82 Å². The third kappa shape index (κ3) is 6.44. The maximum atomic E-state index is 13.0. The van der Waals surface area contributed by atoms with Gasteiger partial charge in [-0.25, -0.2) is 4.68 Å². The van der Waals surface area contributed by atoms with E-state index in [-0.39, 0.29) is 23.7 Å². The second-order valence-electron chi connectivity index (χ2n) is 8.87. The summed E-state index contributed by atoms with van der Waals surface area (Å²) in [5.74, 6) is 0.205. The standard InChI is InChI=1S/C25H29ClN4O2/c1-17(31)27-21(19-10-12-20(26)13-11-19)14-24(32)28-23-15-22(25(2,3)4)29-30(23)16-18-8-6-5-7-9-18/h5-13,15,21H,14,16H2,1-4H3,(H,27,31)(H,28,32). The molecule has 0 aliphatic carbocycles. The van der Waals surface area contributed by atoms with Crippen LogP contribution in [-0.2, 0) is 21.5 Å². The molecule has 0 fully saturated rings. The minimum Gasteiger partial charge on any atom is -0.349 e. The number of nitrogens with one attached hydrogen (secondary N) is 2. The first kappa shape index (κ1) is 23.5. The van der Waals surface area contributed by atoms with Crippen LogP contribution in [0.15, 0.2) is 60.7 Å². The molecule has 0 saturated carbocycles. The van der Waals surface area contributed by atoms with Crippen molar-refractivity contribution in [3.63, 3.8) is 0 Å². The summed E-state index contributed by atoms with van der Waals surface area (Å²) in [6, 6.07) is 18.5. The number of benzene rings is 2. The molecule has 0 aliphatic heterocycles. The molecular formula is C25H29ClN4O2. The van der Waals surface area contributed by atoms with Gasteiger partial charge in [-0.15, -0.1) is 0 Å². The van der Waals surface area contributed by atoms with Gasteiger partial charge in [-0.05, 0) is 23.3 Å². The smallest absolute Gasteiger partial charge is 0.227 e. The summed E-state index contributed by atoms with van der Waals surface area (Å²) in [5, 5.41) is 11.2. The Morgan fingerprint density at radius 3 is 2.31 bits per heavy atom. The summed E-state index contributed by atoms with van der Waals surface area (Å²) in [6.07, 6.45) is 0.0859. The van der Waals surface area contributed by atoms with Gasteiger partial charge in [-0.3, -0.25) is 9.59 Å². The van der Waals surface area contributed by atoms with E-state index in [2.05, 4.69) is 31.4 Å². The summed E-state index contributed by atoms with van der Waals surface area (Å²) in [4.78, 5) is 24.7. The van der Waals surface area contributed by atoms with Crippen LogP contribution in [0, 0.1) is 0 Å². The third-order valence-electron chi connectivity index (χ3n) is 5.03.